The van der Waals surface area contributed by atoms with Crippen molar-refractivity contribution < 1.29 is 14.2 Å². The van der Waals surface area contributed by atoms with E-state index in [9.17, 15) is 9.50 Å². The number of ether oxygens (including phenoxy) is 1. The van der Waals surface area contributed by atoms with Crippen molar-refractivity contribution in [2.75, 3.05) is 13.7 Å². The van der Waals surface area contributed by atoms with E-state index in [2.05, 4.69) is 5.32 Å². The molecule has 0 radical (unpaired) electrons. The van der Waals surface area contributed by atoms with Crippen LogP contribution in [0.15, 0.2) is 36.4 Å². The molecule has 0 bridgehead atoms. The van der Waals surface area contributed by atoms with Gasteiger partial charge in [0.05, 0.1) is 7.11 Å². The molecule has 0 atom stereocenters. The first kappa shape index (κ1) is 15.3. The highest BCUT2D eigenvalue weighted by Crippen LogP contribution is 2.26. The van der Waals surface area contributed by atoms with E-state index in [0.29, 0.717) is 12.3 Å². The van der Waals surface area contributed by atoms with Gasteiger partial charge in [-0.3, -0.25) is 0 Å². The summed E-state index contributed by atoms with van der Waals surface area (Å²) in [7, 11) is 1.53. The van der Waals surface area contributed by atoms with E-state index in [0.717, 1.165) is 29.7 Å². The first-order valence-electron chi connectivity index (χ1n) is 6.92. The summed E-state index contributed by atoms with van der Waals surface area (Å²) in [5.41, 5.74) is 3.16. The van der Waals surface area contributed by atoms with Gasteiger partial charge in [-0.1, -0.05) is 12.1 Å². The molecule has 0 saturated heterocycles. The van der Waals surface area contributed by atoms with Gasteiger partial charge in [0.25, 0.3) is 0 Å². The zero-order chi connectivity index (χ0) is 15.2. The van der Waals surface area contributed by atoms with Crippen LogP contribution in [0.4, 0.5) is 4.39 Å². The number of halogens is 1. The van der Waals surface area contributed by atoms with Gasteiger partial charge in [-0.15, -0.1) is 0 Å². The second-order valence-corrected chi connectivity index (χ2v) is 5.00. The fourth-order valence-corrected chi connectivity index (χ4v) is 2.23. The third-order valence-electron chi connectivity index (χ3n) is 3.45. The van der Waals surface area contributed by atoms with Crippen molar-refractivity contribution in [3.63, 3.8) is 0 Å². The molecule has 4 heteroatoms. The number of methoxy groups -OCH3 is 1. The molecule has 0 aliphatic rings. The minimum Gasteiger partial charge on any atom is -0.504 e. The Hall–Kier alpha value is -2.07. The average molecular weight is 289 g/mol. The molecule has 112 valence electrons. The lowest BCUT2D eigenvalue weighted by Gasteiger charge is -2.09. The van der Waals surface area contributed by atoms with Gasteiger partial charge < -0.3 is 15.2 Å². The lowest BCUT2D eigenvalue weighted by molar-refractivity contribution is 0.373. The number of phenolic OH excluding ortho intramolecular Hbond substituents is 1. The largest absolute Gasteiger partial charge is 0.504 e. The number of nitrogens with one attached hydrogen (secondary N) is 1. The molecule has 0 unspecified atom stereocenters. The van der Waals surface area contributed by atoms with Crippen molar-refractivity contribution >= 4 is 0 Å². The van der Waals surface area contributed by atoms with Crippen molar-refractivity contribution in [3.8, 4) is 11.5 Å². The maximum atomic E-state index is 13.0. The number of benzene rings is 2. The molecule has 0 heterocycles. The first-order chi connectivity index (χ1) is 10.1. The lowest BCUT2D eigenvalue weighted by Crippen LogP contribution is -2.17. The van der Waals surface area contributed by atoms with E-state index >= 15 is 0 Å². The molecule has 2 aromatic rings. The van der Waals surface area contributed by atoms with Crippen LogP contribution in [-0.4, -0.2) is 18.8 Å². The van der Waals surface area contributed by atoms with Crippen LogP contribution in [0.25, 0.3) is 0 Å². The fraction of sp³-hybridized carbons (Fsp3) is 0.294. The second-order valence-electron chi connectivity index (χ2n) is 5.00. The topological polar surface area (TPSA) is 41.5 Å². The normalized spacial score (nSPS) is 10.6. The second kappa shape index (κ2) is 7.09. The summed E-state index contributed by atoms with van der Waals surface area (Å²) < 4.78 is 18.1. The number of rotatable bonds is 6. The van der Waals surface area contributed by atoms with Crippen LogP contribution in [0.5, 0.6) is 11.5 Å². The standard InChI is InChI=1S/C17H20FNO2/c1-12-9-15(18)5-4-14(12)7-8-19-11-13-3-6-16(20)17(10-13)21-2/h3-6,9-10,19-20H,7-8,11H2,1-2H3. The van der Waals surface area contributed by atoms with Crippen molar-refractivity contribution in [1.82, 2.24) is 5.32 Å². The smallest absolute Gasteiger partial charge is 0.160 e. The highest BCUT2D eigenvalue weighted by Gasteiger charge is 2.03. The van der Waals surface area contributed by atoms with Crippen LogP contribution in [0.3, 0.4) is 0 Å². The quantitative estimate of drug-likeness (QED) is 0.803. The highest BCUT2D eigenvalue weighted by molar-refractivity contribution is 5.41. The highest BCUT2D eigenvalue weighted by atomic mass is 19.1. The van der Waals surface area contributed by atoms with Crippen molar-refractivity contribution in [1.29, 1.82) is 0 Å². The molecule has 0 amide bonds. The number of phenols is 1. The Morgan fingerprint density at radius 1 is 1.19 bits per heavy atom. The zero-order valence-corrected chi connectivity index (χ0v) is 12.3. The fourth-order valence-electron chi connectivity index (χ4n) is 2.23. The van der Waals surface area contributed by atoms with E-state index < -0.39 is 0 Å². The summed E-state index contributed by atoms with van der Waals surface area (Å²) in [4.78, 5) is 0. The number of aromatic hydroxyl groups is 1. The molecular weight excluding hydrogens is 269 g/mol. The summed E-state index contributed by atoms with van der Waals surface area (Å²) in [5, 5.41) is 12.9. The molecule has 0 fully saturated rings. The Balaban J connectivity index is 1.84. The molecule has 0 aliphatic heterocycles. The van der Waals surface area contributed by atoms with Crippen molar-refractivity contribution in [2.45, 2.75) is 19.9 Å². The predicted octanol–water partition coefficient (Wildman–Crippen LogP) is 3.18. The maximum absolute atomic E-state index is 13.0. The van der Waals surface area contributed by atoms with Gasteiger partial charge in [-0.05, 0) is 60.8 Å². The van der Waals surface area contributed by atoms with E-state index in [4.69, 9.17) is 4.74 Å². The minimum atomic E-state index is -0.194. The lowest BCUT2D eigenvalue weighted by atomic mass is 10.1. The first-order valence-corrected chi connectivity index (χ1v) is 6.92. The third kappa shape index (κ3) is 4.20. The Bertz CT molecular complexity index is 614. The summed E-state index contributed by atoms with van der Waals surface area (Å²) in [5.74, 6) is 0.423. The molecule has 2 N–H and O–H groups in total. The number of aryl methyl sites for hydroxylation is 1. The zero-order valence-electron chi connectivity index (χ0n) is 12.3. The number of hydrogen-bond acceptors (Lipinski definition) is 3. The van der Waals surface area contributed by atoms with Crippen LogP contribution in [0.1, 0.15) is 16.7 Å². The predicted molar refractivity (Wildman–Crippen MR) is 81.2 cm³/mol. The average Bonchev–Trinajstić information content (AvgIpc) is 2.47. The molecule has 21 heavy (non-hydrogen) atoms. The monoisotopic (exact) mass is 289 g/mol. The van der Waals surface area contributed by atoms with Crippen LogP contribution >= 0.6 is 0 Å². The molecular formula is C17H20FNO2. The van der Waals surface area contributed by atoms with Crippen LogP contribution in [0, 0.1) is 12.7 Å². The molecule has 0 aromatic heterocycles. The molecule has 2 aromatic carbocycles. The Labute approximate surface area is 124 Å². The van der Waals surface area contributed by atoms with Gasteiger partial charge in [-0.2, -0.15) is 0 Å². The van der Waals surface area contributed by atoms with E-state index in [1.165, 1.54) is 13.2 Å². The van der Waals surface area contributed by atoms with Gasteiger partial charge in [0, 0.05) is 6.54 Å². The van der Waals surface area contributed by atoms with Gasteiger partial charge in [0.1, 0.15) is 5.82 Å². The van der Waals surface area contributed by atoms with E-state index in [1.807, 2.05) is 25.1 Å². The summed E-state index contributed by atoms with van der Waals surface area (Å²) >= 11 is 0. The molecule has 0 spiro atoms. The van der Waals surface area contributed by atoms with Gasteiger partial charge in [0.15, 0.2) is 11.5 Å². The molecule has 2 rings (SSSR count). The SMILES string of the molecule is COc1cc(CNCCc2ccc(F)cc2C)ccc1O. The van der Waals surface area contributed by atoms with Gasteiger partial charge in [0.2, 0.25) is 0 Å². The summed E-state index contributed by atoms with van der Waals surface area (Å²) in [6.45, 7) is 3.41. The van der Waals surface area contributed by atoms with E-state index in [1.54, 1.807) is 12.1 Å². The maximum Gasteiger partial charge on any atom is 0.160 e. The molecule has 3 nitrogen and oxygen atoms in total. The summed E-state index contributed by atoms with van der Waals surface area (Å²) in [6, 6.07) is 10.2. The van der Waals surface area contributed by atoms with Crippen molar-refractivity contribution in [3.05, 3.63) is 58.9 Å². The van der Waals surface area contributed by atoms with Gasteiger partial charge in [-0.25, -0.2) is 4.39 Å². The van der Waals surface area contributed by atoms with Crippen LogP contribution < -0.4 is 10.1 Å². The molecule has 0 saturated carbocycles. The van der Waals surface area contributed by atoms with Crippen LogP contribution in [0.2, 0.25) is 0 Å². The number of hydrogen-bond donors (Lipinski definition) is 2. The molecule has 0 aliphatic carbocycles. The Morgan fingerprint density at radius 2 is 2.00 bits per heavy atom. The third-order valence-corrected chi connectivity index (χ3v) is 3.45. The van der Waals surface area contributed by atoms with Crippen molar-refractivity contribution in [2.24, 2.45) is 0 Å². The Morgan fingerprint density at radius 3 is 2.71 bits per heavy atom. The van der Waals surface area contributed by atoms with E-state index in [-0.39, 0.29) is 11.6 Å². The van der Waals surface area contributed by atoms with Gasteiger partial charge >= 0.3 is 0 Å². The minimum absolute atomic E-state index is 0.142. The Kier molecular flexibility index (Phi) is 5.17. The summed E-state index contributed by atoms with van der Waals surface area (Å²) in [6.07, 6.45) is 0.849. The van der Waals surface area contributed by atoms with Crippen LogP contribution in [-0.2, 0) is 13.0 Å².